The van der Waals surface area contributed by atoms with Crippen LogP contribution >= 0.6 is 0 Å². The van der Waals surface area contributed by atoms with Gasteiger partial charge in [-0.3, -0.25) is 19.3 Å². The normalized spacial score (nSPS) is 19.2. The number of aromatic hydroxyl groups is 1. The second-order valence-corrected chi connectivity index (χ2v) is 10.8. The number of benzene rings is 2. The highest BCUT2D eigenvalue weighted by atomic mass is 16.5. The number of ether oxygens (including phenoxy) is 1. The minimum absolute atomic E-state index is 0.0192. The molecule has 3 N–H and O–H groups in total. The number of hydrogen-bond acceptors (Lipinski definition) is 7. The van der Waals surface area contributed by atoms with Crippen molar-refractivity contribution in [1.29, 1.82) is 0 Å². The van der Waals surface area contributed by atoms with Crippen LogP contribution in [0.3, 0.4) is 0 Å². The minimum atomic E-state index is -0.777. The van der Waals surface area contributed by atoms with Crippen molar-refractivity contribution in [3.05, 3.63) is 104 Å². The van der Waals surface area contributed by atoms with Crippen LogP contribution in [0.15, 0.2) is 74.7 Å². The molecule has 0 spiro atoms. The van der Waals surface area contributed by atoms with Gasteiger partial charge in [0, 0.05) is 55.2 Å². The molecule has 1 amide bonds. The summed E-state index contributed by atoms with van der Waals surface area (Å²) in [5, 5.41) is 12.5. The number of carbonyl (C=O) groups excluding carboxylic acids is 1. The first-order chi connectivity index (χ1) is 19.3. The second-order valence-electron chi connectivity index (χ2n) is 10.8. The summed E-state index contributed by atoms with van der Waals surface area (Å²) >= 11 is 0. The van der Waals surface area contributed by atoms with Crippen molar-refractivity contribution in [1.82, 2.24) is 9.47 Å². The summed E-state index contributed by atoms with van der Waals surface area (Å²) in [7, 11) is 1.59. The van der Waals surface area contributed by atoms with Crippen molar-refractivity contribution in [2.75, 3.05) is 20.2 Å². The predicted octanol–water partition coefficient (Wildman–Crippen LogP) is 3.30. The Morgan fingerprint density at radius 3 is 2.65 bits per heavy atom. The van der Waals surface area contributed by atoms with Gasteiger partial charge in [-0.1, -0.05) is 36.4 Å². The van der Waals surface area contributed by atoms with Gasteiger partial charge in [-0.25, -0.2) is 0 Å². The lowest BCUT2D eigenvalue weighted by Gasteiger charge is -2.42. The molecule has 6 rings (SSSR count). The van der Waals surface area contributed by atoms with Gasteiger partial charge >= 0.3 is 0 Å². The van der Waals surface area contributed by atoms with Crippen molar-refractivity contribution in [3.63, 3.8) is 0 Å². The summed E-state index contributed by atoms with van der Waals surface area (Å²) in [5.74, 6) is -0.299. The van der Waals surface area contributed by atoms with Crippen LogP contribution in [0, 0.1) is 5.92 Å². The van der Waals surface area contributed by atoms with Gasteiger partial charge in [0.05, 0.1) is 19.6 Å². The molecular formula is C31H31N3O6. The van der Waals surface area contributed by atoms with Crippen molar-refractivity contribution in [3.8, 4) is 11.5 Å². The van der Waals surface area contributed by atoms with Crippen LogP contribution in [0.4, 0.5) is 0 Å². The van der Waals surface area contributed by atoms with E-state index >= 15 is 0 Å². The number of methoxy groups -OCH3 is 1. The molecule has 9 heteroatoms. The lowest BCUT2D eigenvalue weighted by Crippen LogP contribution is -2.46. The van der Waals surface area contributed by atoms with Gasteiger partial charge in [0.15, 0.2) is 5.76 Å². The molecule has 0 unspecified atom stereocenters. The fourth-order valence-electron chi connectivity index (χ4n) is 6.54. The summed E-state index contributed by atoms with van der Waals surface area (Å²) < 4.78 is 13.6. The molecule has 4 aromatic rings. The van der Waals surface area contributed by atoms with Crippen LogP contribution in [0.1, 0.15) is 47.5 Å². The number of amides is 1. The van der Waals surface area contributed by atoms with E-state index in [0.717, 1.165) is 29.4 Å². The molecule has 2 aromatic heterocycles. The third-order valence-electron chi connectivity index (χ3n) is 8.17. The Labute approximate surface area is 230 Å². The van der Waals surface area contributed by atoms with Gasteiger partial charge in [0.2, 0.25) is 17.1 Å². The maximum Gasteiger partial charge on any atom is 0.250 e. The monoisotopic (exact) mass is 541 g/mol. The highest BCUT2D eigenvalue weighted by molar-refractivity contribution is 5.92. The van der Waals surface area contributed by atoms with Gasteiger partial charge < -0.3 is 24.6 Å². The smallest absolute Gasteiger partial charge is 0.250 e. The number of primary amides is 1. The van der Waals surface area contributed by atoms with Crippen LogP contribution in [0.5, 0.6) is 11.5 Å². The van der Waals surface area contributed by atoms with E-state index < -0.39 is 23.0 Å². The molecule has 3 atom stereocenters. The number of rotatable bonds is 7. The van der Waals surface area contributed by atoms with Gasteiger partial charge in [0.1, 0.15) is 11.5 Å². The van der Waals surface area contributed by atoms with E-state index in [0.29, 0.717) is 42.6 Å². The molecule has 0 radical (unpaired) electrons. The topological polar surface area (TPSA) is 128 Å². The third kappa shape index (κ3) is 4.66. The zero-order chi connectivity index (χ0) is 28.0. The minimum Gasteiger partial charge on any atom is -0.502 e. The lowest BCUT2D eigenvalue weighted by atomic mass is 9.83. The van der Waals surface area contributed by atoms with E-state index in [-0.39, 0.29) is 23.7 Å². The number of pyridine rings is 1. The maximum absolute atomic E-state index is 13.0. The molecule has 4 heterocycles. The highest BCUT2D eigenvalue weighted by Crippen LogP contribution is 2.40. The van der Waals surface area contributed by atoms with E-state index in [2.05, 4.69) is 4.90 Å². The molecule has 2 aliphatic rings. The molecule has 0 aliphatic carbocycles. The second kappa shape index (κ2) is 10.3. The zero-order valence-corrected chi connectivity index (χ0v) is 22.2. The molecule has 1 fully saturated rings. The van der Waals surface area contributed by atoms with Crippen LogP contribution in [0.25, 0.3) is 10.8 Å². The Kier molecular flexibility index (Phi) is 6.67. The summed E-state index contributed by atoms with van der Waals surface area (Å²) in [6, 6.07) is 17.9. The number of carbonyl (C=O) groups is 1. The number of nitrogens with two attached hydrogens (primary N) is 1. The number of hydrogen-bond donors (Lipinski definition) is 2. The molecule has 2 bridgehead atoms. The number of likely N-dealkylation sites (tertiary alicyclic amines) is 1. The first-order valence-corrected chi connectivity index (χ1v) is 13.4. The number of nitrogens with zero attached hydrogens (tertiary/aromatic N) is 2. The van der Waals surface area contributed by atoms with Crippen LogP contribution in [-0.4, -0.2) is 40.7 Å². The number of piperidine rings is 1. The van der Waals surface area contributed by atoms with Crippen molar-refractivity contribution in [2.24, 2.45) is 11.7 Å². The van der Waals surface area contributed by atoms with Crippen LogP contribution in [-0.2, 0) is 17.9 Å². The average Bonchev–Trinajstić information content (AvgIpc) is 2.94. The van der Waals surface area contributed by atoms with E-state index in [4.69, 9.17) is 14.9 Å². The first kappa shape index (κ1) is 25.9. The predicted molar refractivity (Wildman–Crippen MR) is 150 cm³/mol. The van der Waals surface area contributed by atoms with E-state index in [1.165, 1.54) is 6.07 Å². The Hall–Kier alpha value is -4.37. The molecule has 40 heavy (non-hydrogen) atoms. The van der Waals surface area contributed by atoms with Crippen molar-refractivity contribution in [2.45, 2.75) is 37.8 Å². The summed E-state index contributed by atoms with van der Waals surface area (Å²) in [6.07, 6.45) is 0.853. The van der Waals surface area contributed by atoms with Crippen LogP contribution < -0.4 is 21.5 Å². The Bertz CT molecular complexity index is 1720. The number of aromatic nitrogens is 1. The number of fused-ring (bicyclic) bond motifs is 5. The standard InChI is InChI=1S/C31H31N3O6/c1-39-27-10-9-22(21-5-2-3-6-23(21)27)24(13-28(32)36)31-30(38)26(35)12-20(40-31)17-33-14-18-11-19(16-33)25-7-4-8-29(37)34(25)15-18/h2-10,12,18-19,24,38H,11,13-17H2,1H3,(H2,32,36)/t18-,19+,24-/m1/s1. The average molecular weight is 542 g/mol. The van der Waals surface area contributed by atoms with E-state index in [9.17, 15) is 19.5 Å². The summed E-state index contributed by atoms with van der Waals surface area (Å²) in [5.41, 5.74) is 6.84. The fraction of sp³-hybridized carbons (Fsp3) is 0.323. The molecule has 2 aliphatic heterocycles. The Morgan fingerprint density at radius 2 is 1.88 bits per heavy atom. The Morgan fingerprint density at radius 1 is 1.07 bits per heavy atom. The van der Waals surface area contributed by atoms with Gasteiger partial charge in [0.25, 0.3) is 5.56 Å². The molecular weight excluding hydrogens is 510 g/mol. The summed E-state index contributed by atoms with van der Waals surface area (Å²) in [4.78, 5) is 39.8. The quantitative estimate of drug-likeness (QED) is 0.367. The molecule has 206 valence electrons. The SMILES string of the molecule is COc1ccc([C@@H](CC(N)=O)c2oc(CN3C[C@H]4C[C@@H](C3)c3cccc(=O)n3C4)cc(=O)c2O)c2ccccc12. The zero-order valence-electron chi connectivity index (χ0n) is 22.2. The lowest BCUT2D eigenvalue weighted by molar-refractivity contribution is -0.118. The summed E-state index contributed by atoms with van der Waals surface area (Å²) in [6.45, 7) is 2.50. The van der Waals surface area contributed by atoms with Gasteiger partial charge in [-0.15, -0.1) is 0 Å². The highest BCUT2D eigenvalue weighted by Gasteiger charge is 2.35. The van der Waals surface area contributed by atoms with Gasteiger partial charge in [-0.2, -0.15) is 0 Å². The van der Waals surface area contributed by atoms with Crippen LogP contribution in [0.2, 0.25) is 0 Å². The molecule has 1 saturated heterocycles. The van der Waals surface area contributed by atoms with E-state index in [1.54, 1.807) is 25.3 Å². The molecule has 0 saturated carbocycles. The molecule has 9 nitrogen and oxygen atoms in total. The van der Waals surface area contributed by atoms with Crippen molar-refractivity contribution < 1.29 is 19.1 Å². The maximum atomic E-state index is 13.0. The van der Waals surface area contributed by atoms with Crippen molar-refractivity contribution >= 4 is 16.7 Å². The Balaban J connectivity index is 1.37. The third-order valence-corrected chi connectivity index (χ3v) is 8.17. The first-order valence-electron chi connectivity index (χ1n) is 13.4. The fourth-order valence-corrected chi connectivity index (χ4v) is 6.54. The van der Waals surface area contributed by atoms with E-state index in [1.807, 2.05) is 41.0 Å². The largest absolute Gasteiger partial charge is 0.502 e. The van der Waals surface area contributed by atoms with Gasteiger partial charge in [-0.05, 0) is 35.4 Å². The molecule has 2 aromatic carbocycles.